The van der Waals surface area contributed by atoms with Crippen molar-refractivity contribution in [1.29, 1.82) is 0 Å². The van der Waals surface area contributed by atoms with Gasteiger partial charge in [0.05, 0.1) is 24.6 Å². The lowest BCUT2D eigenvalue weighted by molar-refractivity contribution is 0.100. The highest BCUT2D eigenvalue weighted by Crippen LogP contribution is 2.18. The van der Waals surface area contributed by atoms with Crippen LogP contribution in [0.4, 0.5) is 5.69 Å². The summed E-state index contributed by atoms with van der Waals surface area (Å²) in [5.74, 6) is 0.418. The first-order valence-electron chi connectivity index (χ1n) is 5.91. The second-order valence-electron chi connectivity index (χ2n) is 4.11. The molecule has 2 aromatic rings. The van der Waals surface area contributed by atoms with Crippen LogP contribution in [0.25, 0.3) is 0 Å². The fraction of sp³-hybridized carbons (Fsp3) is 0.143. The molecule has 0 fully saturated rings. The Morgan fingerprint density at radius 2 is 2.15 bits per heavy atom. The summed E-state index contributed by atoms with van der Waals surface area (Å²) in [5, 5.41) is 0. The fourth-order valence-corrected chi connectivity index (χ4v) is 1.66. The highest BCUT2D eigenvalue weighted by Gasteiger charge is 2.08. The molecule has 20 heavy (non-hydrogen) atoms. The zero-order chi connectivity index (χ0) is 14.5. The van der Waals surface area contributed by atoms with Crippen molar-refractivity contribution in [3.05, 3.63) is 47.7 Å². The van der Waals surface area contributed by atoms with E-state index in [0.717, 1.165) is 11.3 Å². The zero-order valence-corrected chi connectivity index (χ0v) is 11.0. The molecular weight excluding hydrogens is 258 g/mol. The standard InChI is InChI=1S/C14H15N3O3/c1-19-10-4-2-3-9(5-10)8-20-13-6-11(14(16)18)12(15)7-17-13/h2-7H,8,15H2,1H3,(H2,16,18). The SMILES string of the molecule is COc1cccc(COc2cc(C(N)=O)c(N)cn2)c1. The third-order valence-corrected chi connectivity index (χ3v) is 2.70. The number of hydrogen-bond donors (Lipinski definition) is 2. The predicted molar refractivity (Wildman–Crippen MR) is 74.5 cm³/mol. The Balaban J connectivity index is 2.10. The second-order valence-corrected chi connectivity index (χ2v) is 4.11. The van der Waals surface area contributed by atoms with Crippen LogP contribution >= 0.6 is 0 Å². The summed E-state index contributed by atoms with van der Waals surface area (Å²) in [6.45, 7) is 0.298. The number of carbonyl (C=O) groups excluding carboxylic acids is 1. The lowest BCUT2D eigenvalue weighted by Gasteiger charge is -2.08. The Hall–Kier alpha value is -2.76. The van der Waals surface area contributed by atoms with Gasteiger partial charge in [0.15, 0.2) is 0 Å². The number of carbonyl (C=O) groups is 1. The van der Waals surface area contributed by atoms with Gasteiger partial charge in [0.25, 0.3) is 5.91 Å². The smallest absolute Gasteiger partial charge is 0.251 e. The predicted octanol–water partition coefficient (Wildman–Crippen LogP) is 1.35. The van der Waals surface area contributed by atoms with E-state index in [1.54, 1.807) is 7.11 Å². The number of primary amides is 1. The van der Waals surface area contributed by atoms with Crippen LogP contribution in [0, 0.1) is 0 Å². The van der Waals surface area contributed by atoms with Gasteiger partial charge in [-0.05, 0) is 17.7 Å². The van der Waals surface area contributed by atoms with Gasteiger partial charge < -0.3 is 20.9 Å². The van der Waals surface area contributed by atoms with Crippen LogP contribution in [0.3, 0.4) is 0 Å². The largest absolute Gasteiger partial charge is 0.497 e. The molecule has 0 radical (unpaired) electrons. The molecule has 0 unspecified atom stereocenters. The molecule has 0 saturated carbocycles. The number of ether oxygens (including phenoxy) is 2. The van der Waals surface area contributed by atoms with Gasteiger partial charge in [0.2, 0.25) is 5.88 Å². The Bertz CT molecular complexity index is 629. The quantitative estimate of drug-likeness (QED) is 0.856. The number of anilines is 1. The minimum atomic E-state index is -0.615. The molecular formula is C14H15N3O3. The molecule has 4 N–H and O–H groups in total. The lowest BCUT2D eigenvalue weighted by atomic mass is 10.2. The van der Waals surface area contributed by atoms with Crippen molar-refractivity contribution in [3.8, 4) is 11.6 Å². The summed E-state index contributed by atoms with van der Waals surface area (Å²) in [6, 6.07) is 8.89. The van der Waals surface area contributed by atoms with Crippen LogP contribution in [0.5, 0.6) is 11.6 Å². The number of amides is 1. The number of nitrogens with two attached hydrogens (primary N) is 2. The number of pyridine rings is 1. The Morgan fingerprint density at radius 3 is 2.85 bits per heavy atom. The van der Waals surface area contributed by atoms with E-state index >= 15 is 0 Å². The van der Waals surface area contributed by atoms with E-state index in [4.69, 9.17) is 20.9 Å². The molecule has 1 heterocycles. The van der Waals surface area contributed by atoms with Crippen LogP contribution < -0.4 is 20.9 Å². The Labute approximate surface area is 116 Å². The summed E-state index contributed by atoms with van der Waals surface area (Å²) in [5.41, 5.74) is 12.2. The maximum atomic E-state index is 11.2. The fourth-order valence-electron chi connectivity index (χ4n) is 1.66. The van der Waals surface area contributed by atoms with Crippen molar-refractivity contribution in [2.45, 2.75) is 6.61 Å². The summed E-state index contributed by atoms with van der Waals surface area (Å²) in [6.07, 6.45) is 1.35. The highest BCUT2D eigenvalue weighted by atomic mass is 16.5. The molecule has 1 aromatic heterocycles. The third kappa shape index (κ3) is 3.17. The second kappa shape index (κ2) is 5.92. The van der Waals surface area contributed by atoms with Crippen molar-refractivity contribution < 1.29 is 14.3 Å². The maximum Gasteiger partial charge on any atom is 0.251 e. The number of aromatic nitrogens is 1. The number of nitrogen functional groups attached to an aromatic ring is 1. The van der Waals surface area contributed by atoms with Crippen LogP contribution in [0.2, 0.25) is 0 Å². The molecule has 0 aliphatic carbocycles. The molecule has 0 aliphatic heterocycles. The molecule has 6 heteroatoms. The summed E-state index contributed by atoms with van der Waals surface area (Å²) in [7, 11) is 1.60. The number of nitrogens with zero attached hydrogens (tertiary/aromatic N) is 1. The monoisotopic (exact) mass is 273 g/mol. The first-order chi connectivity index (χ1) is 9.60. The Kier molecular flexibility index (Phi) is 4.05. The van der Waals surface area contributed by atoms with Crippen LogP contribution in [0.1, 0.15) is 15.9 Å². The van der Waals surface area contributed by atoms with Crippen molar-refractivity contribution in [1.82, 2.24) is 4.98 Å². The molecule has 0 spiro atoms. The van der Waals surface area contributed by atoms with Crippen LogP contribution in [-0.4, -0.2) is 18.0 Å². The topological polar surface area (TPSA) is 100 Å². The van der Waals surface area contributed by atoms with Crippen molar-refractivity contribution in [2.24, 2.45) is 5.73 Å². The van der Waals surface area contributed by atoms with E-state index in [2.05, 4.69) is 4.98 Å². The van der Waals surface area contributed by atoms with Crippen LogP contribution in [-0.2, 0) is 6.61 Å². The minimum Gasteiger partial charge on any atom is -0.497 e. The summed E-state index contributed by atoms with van der Waals surface area (Å²) < 4.78 is 10.6. The first-order valence-corrected chi connectivity index (χ1v) is 5.91. The molecule has 1 aromatic carbocycles. The summed E-state index contributed by atoms with van der Waals surface area (Å²) in [4.78, 5) is 15.2. The van der Waals surface area contributed by atoms with E-state index in [1.165, 1.54) is 12.3 Å². The Morgan fingerprint density at radius 1 is 1.35 bits per heavy atom. The van der Waals surface area contributed by atoms with Gasteiger partial charge >= 0.3 is 0 Å². The lowest BCUT2D eigenvalue weighted by Crippen LogP contribution is -2.14. The molecule has 1 amide bonds. The van der Waals surface area contributed by atoms with E-state index in [1.807, 2.05) is 24.3 Å². The average molecular weight is 273 g/mol. The van der Waals surface area contributed by atoms with E-state index in [-0.39, 0.29) is 17.1 Å². The van der Waals surface area contributed by atoms with E-state index in [9.17, 15) is 4.79 Å². The highest BCUT2D eigenvalue weighted by molar-refractivity contribution is 5.97. The van der Waals surface area contributed by atoms with Crippen LogP contribution in [0.15, 0.2) is 36.5 Å². The van der Waals surface area contributed by atoms with Crippen molar-refractivity contribution >= 4 is 11.6 Å². The van der Waals surface area contributed by atoms with E-state index < -0.39 is 5.91 Å². The van der Waals surface area contributed by atoms with Crippen molar-refractivity contribution in [2.75, 3.05) is 12.8 Å². The molecule has 104 valence electrons. The number of benzene rings is 1. The third-order valence-electron chi connectivity index (χ3n) is 2.70. The van der Waals surface area contributed by atoms with Gasteiger partial charge in [-0.1, -0.05) is 12.1 Å². The first kappa shape index (κ1) is 13.7. The summed E-state index contributed by atoms with van der Waals surface area (Å²) >= 11 is 0. The van der Waals surface area contributed by atoms with Crippen molar-refractivity contribution in [3.63, 3.8) is 0 Å². The molecule has 6 nitrogen and oxygen atoms in total. The molecule has 0 bridgehead atoms. The van der Waals surface area contributed by atoms with Gasteiger partial charge in [0.1, 0.15) is 12.4 Å². The number of hydrogen-bond acceptors (Lipinski definition) is 5. The van der Waals surface area contributed by atoms with E-state index in [0.29, 0.717) is 6.61 Å². The molecule has 0 atom stereocenters. The average Bonchev–Trinajstić information content (AvgIpc) is 2.46. The van der Waals surface area contributed by atoms with Gasteiger partial charge in [-0.2, -0.15) is 0 Å². The minimum absolute atomic E-state index is 0.195. The number of methoxy groups -OCH3 is 1. The molecule has 0 aliphatic rings. The molecule has 2 rings (SSSR count). The maximum absolute atomic E-state index is 11.2. The van der Waals surface area contributed by atoms with Gasteiger partial charge in [-0.15, -0.1) is 0 Å². The van der Waals surface area contributed by atoms with Gasteiger partial charge in [-0.3, -0.25) is 4.79 Å². The normalized spacial score (nSPS) is 10.1. The molecule has 0 saturated heterocycles. The zero-order valence-electron chi connectivity index (χ0n) is 11.0. The van der Waals surface area contributed by atoms with Gasteiger partial charge in [-0.25, -0.2) is 4.98 Å². The van der Waals surface area contributed by atoms with Gasteiger partial charge in [0, 0.05) is 6.07 Å². The number of rotatable bonds is 5.